The van der Waals surface area contributed by atoms with Gasteiger partial charge >= 0.3 is 0 Å². The minimum atomic E-state index is -1.34. The van der Waals surface area contributed by atoms with Crippen LogP contribution in [0.2, 0.25) is 0 Å². The number of carbonyl (C=O) groups is 1. The SMILES string of the molecule is CC(C)n1c(=O)c(C(=O)NC2CC3CCC(C2)N3CC(O)O)cc2ccccc21.Cl. The van der Waals surface area contributed by atoms with Gasteiger partial charge in [-0.05, 0) is 57.0 Å². The number of para-hydroxylation sites is 1. The molecular weight excluding hydrogens is 406 g/mol. The number of fused-ring (bicyclic) bond motifs is 3. The van der Waals surface area contributed by atoms with Gasteiger partial charge in [-0.3, -0.25) is 14.5 Å². The van der Waals surface area contributed by atoms with Crippen molar-refractivity contribution in [2.75, 3.05) is 6.54 Å². The van der Waals surface area contributed by atoms with Crippen LogP contribution in [0.1, 0.15) is 55.9 Å². The van der Waals surface area contributed by atoms with E-state index < -0.39 is 6.29 Å². The van der Waals surface area contributed by atoms with Crippen molar-refractivity contribution in [2.24, 2.45) is 0 Å². The van der Waals surface area contributed by atoms with Crippen molar-refractivity contribution >= 4 is 29.2 Å². The van der Waals surface area contributed by atoms with Crippen molar-refractivity contribution in [1.29, 1.82) is 0 Å². The molecule has 2 aliphatic rings. The van der Waals surface area contributed by atoms with Crippen molar-refractivity contribution in [3.63, 3.8) is 0 Å². The van der Waals surface area contributed by atoms with Crippen LogP contribution in [0.3, 0.4) is 0 Å². The van der Waals surface area contributed by atoms with Gasteiger partial charge in [-0.15, -0.1) is 12.4 Å². The van der Waals surface area contributed by atoms with Crippen LogP contribution in [0.5, 0.6) is 0 Å². The van der Waals surface area contributed by atoms with E-state index >= 15 is 0 Å². The van der Waals surface area contributed by atoms with Gasteiger partial charge < -0.3 is 20.1 Å². The molecule has 2 atom stereocenters. The van der Waals surface area contributed by atoms with Crippen LogP contribution >= 0.6 is 12.4 Å². The van der Waals surface area contributed by atoms with Crippen LogP contribution in [0.4, 0.5) is 0 Å². The van der Waals surface area contributed by atoms with Gasteiger partial charge in [-0.1, -0.05) is 18.2 Å². The van der Waals surface area contributed by atoms with Crippen LogP contribution in [-0.4, -0.2) is 56.5 Å². The molecule has 2 unspecified atom stereocenters. The van der Waals surface area contributed by atoms with Crippen LogP contribution < -0.4 is 10.9 Å². The first-order valence-corrected chi connectivity index (χ1v) is 10.4. The summed E-state index contributed by atoms with van der Waals surface area (Å²) in [7, 11) is 0. The van der Waals surface area contributed by atoms with Crippen molar-refractivity contribution in [2.45, 2.75) is 70.0 Å². The van der Waals surface area contributed by atoms with E-state index in [9.17, 15) is 19.8 Å². The van der Waals surface area contributed by atoms with Gasteiger partial charge in [0.15, 0.2) is 6.29 Å². The van der Waals surface area contributed by atoms with Crippen LogP contribution in [0.25, 0.3) is 10.9 Å². The predicted molar refractivity (Wildman–Crippen MR) is 118 cm³/mol. The van der Waals surface area contributed by atoms with Gasteiger partial charge in [0.1, 0.15) is 5.56 Å². The molecule has 0 radical (unpaired) electrons. The van der Waals surface area contributed by atoms with Crippen molar-refractivity contribution in [1.82, 2.24) is 14.8 Å². The fourth-order valence-corrected chi connectivity index (χ4v) is 5.10. The number of nitrogens with zero attached hydrogens (tertiary/aromatic N) is 2. The summed E-state index contributed by atoms with van der Waals surface area (Å²) in [4.78, 5) is 28.2. The molecule has 0 spiro atoms. The summed E-state index contributed by atoms with van der Waals surface area (Å²) in [5.74, 6) is -0.324. The number of carbonyl (C=O) groups excluding carboxylic acids is 1. The number of piperidine rings is 1. The lowest BCUT2D eigenvalue weighted by molar-refractivity contribution is -0.0759. The zero-order chi connectivity index (χ0) is 20.7. The number of hydrogen-bond acceptors (Lipinski definition) is 5. The number of aliphatic hydroxyl groups excluding tert-OH is 1. The molecule has 4 rings (SSSR count). The third kappa shape index (κ3) is 4.25. The molecule has 1 aromatic carbocycles. The van der Waals surface area contributed by atoms with Crippen molar-refractivity contribution in [3.8, 4) is 0 Å². The Labute approximate surface area is 182 Å². The Hall–Kier alpha value is -1.93. The molecule has 2 bridgehead atoms. The number of rotatable bonds is 5. The molecule has 30 heavy (non-hydrogen) atoms. The predicted octanol–water partition coefficient (Wildman–Crippen LogP) is 2.04. The third-order valence-corrected chi connectivity index (χ3v) is 6.30. The van der Waals surface area contributed by atoms with Gasteiger partial charge in [-0.2, -0.15) is 0 Å². The first kappa shape index (κ1) is 22.7. The number of benzene rings is 1. The lowest BCUT2D eigenvalue weighted by Crippen LogP contribution is -2.52. The van der Waals surface area contributed by atoms with E-state index in [0.29, 0.717) is 0 Å². The molecule has 3 heterocycles. The number of aromatic nitrogens is 1. The quantitative estimate of drug-likeness (QED) is 0.625. The fourth-order valence-electron chi connectivity index (χ4n) is 5.10. The zero-order valence-corrected chi connectivity index (χ0v) is 18.1. The summed E-state index contributed by atoms with van der Waals surface area (Å²) < 4.78 is 1.68. The van der Waals surface area contributed by atoms with Crippen LogP contribution in [0.15, 0.2) is 35.1 Å². The lowest BCUT2D eigenvalue weighted by atomic mass is 9.96. The molecule has 1 amide bonds. The number of aliphatic hydroxyl groups is 2. The maximum absolute atomic E-state index is 13.1. The molecule has 3 N–H and O–H groups in total. The second kappa shape index (κ2) is 9.06. The molecule has 7 nitrogen and oxygen atoms in total. The van der Waals surface area contributed by atoms with Gasteiger partial charge in [0, 0.05) is 30.7 Å². The van der Waals surface area contributed by atoms with E-state index in [2.05, 4.69) is 10.2 Å². The third-order valence-electron chi connectivity index (χ3n) is 6.30. The Bertz CT molecular complexity index is 960. The van der Waals surface area contributed by atoms with Gasteiger partial charge in [0.2, 0.25) is 0 Å². The monoisotopic (exact) mass is 435 g/mol. The average Bonchev–Trinajstić information content (AvgIpc) is 2.88. The summed E-state index contributed by atoms with van der Waals surface area (Å²) in [6.45, 7) is 4.14. The zero-order valence-electron chi connectivity index (χ0n) is 17.3. The second-order valence-corrected chi connectivity index (χ2v) is 8.59. The molecular formula is C22H30ClN3O4. The summed E-state index contributed by atoms with van der Waals surface area (Å²) in [6, 6.07) is 9.74. The Morgan fingerprint density at radius 2 is 1.80 bits per heavy atom. The van der Waals surface area contributed by atoms with Crippen LogP contribution in [-0.2, 0) is 0 Å². The topological polar surface area (TPSA) is 94.8 Å². The molecule has 8 heteroatoms. The second-order valence-electron chi connectivity index (χ2n) is 8.59. The highest BCUT2D eigenvalue weighted by Crippen LogP contribution is 2.35. The van der Waals surface area contributed by atoms with Gasteiger partial charge in [-0.25, -0.2) is 0 Å². The highest BCUT2D eigenvalue weighted by molar-refractivity contribution is 5.97. The molecule has 2 aromatic rings. The normalized spacial score (nSPS) is 23.7. The smallest absolute Gasteiger partial charge is 0.264 e. The average molecular weight is 436 g/mol. The van der Waals surface area contributed by atoms with Crippen molar-refractivity contribution < 1.29 is 15.0 Å². The molecule has 2 saturated heterocycles. The summed E-state index contributed by atoms with van der Waals surface area (Å²) in [5.41, 5.74) is 0.746. The largest absolute Gasteiger partial charge is 0.367 e. The maximum Gasteiger partial charge on any atom is 0.264 e. The summed E-state index contributed by atoms with van der Waals surface area (Å²) in [6.07, 6.45) is 2.19. The first-order chi connectivity index (χ1) is 13.8. The van der Waals surface area contributed by atoms with E-state index in [0.717, 1.165) is 36.6 Å². The Kier molecular flexibility index (Phi) is 6.87. The van der Waals surface area contributed by atoms with Gasteiger partial charge in [0.05, 0.1) is 5.52 Å². The van der Waals surface area contributed by atoms with Gasteiger partial charge in [0.25, 0.3) is 11.5 Å². The van der Waals surface area contributed by atoms with Crippen molar-refractivity contribution in [3.05, 3.63) is 46.2 Å². The molecule has 0 aliphatic carbocycles. The van der Waals surface area contributed by atoms with E-state index in [4.69, 9.17) is 0 Å². The maximum atomic E-state index is 13.1. The van der Waals surface area contributed by atoms with E-state index in [1.807, 2.05) is 38.1 Å². The first-order valence-electron chi connectivity index (χ1n) is 10.4. The molecule has 164 valence electrons. The van der Waals surface area contributed by atoms with E-state index in [-0.39, 0.29) is 60.1 Å². The summed E-state index contributed by atoms with van der Waals surface area (Å²) in [5, 5.41) is 22.6. The summed E-state index contributed by atoms with van der Waals surface area (Å²) >= 11 is 0. The minimum Gasteiger partial charge on any atom is -0.367 e. The number of halogens is 1. The number of pyridine rings is 1. The van der Waals surface area contributed by atoms with Crippen LogP contribution in [0, 0.1) is 0 Å². The highest BCUT2D eigenvalue weighted by Gasteiger charge is 2.41. The Morgan fingerprint density at radius 3 is 2.40 bits per heavy atom. The fraction of sp³-hybridized carbons (Fsp3) is 0.545. The standard InChI is InChI=1S/C22H29N3O4.ClH/c1-13(2)25-19-6-4-3-5-14(19)9-18(22(25)29)21(28)23-15-10-16-7-8-17(11-15)24(16)12-20(26)27;/h3-6,9,13,15-17,20,26-27H,7-8,10-12H2,1-2H3,(H,23,28);1H. The lowest BCUT2D eigenvalue weighted by Gasteiger charge is -2.39. The number of hydrogen-bond donors (Lipinski definition) is 3. The molecule has 2 fully saturated rings. The highest BCUT2D eigenvalue weighted by atomic mass is 35.5. The van der Waals surface area contributed by atoms with E-state index in [1.54, 1.807) is 10.6 Å². The number of amides is 1. The molecule has 1 aromatic heterocycles. The minimum absolute atomic E-state index is 0. The Balaban J connectivity index is 0.00000256. The Morgan fingerprint density at radius 1 is 1.17 bits per heavy atom. The number of nitrogens with one attached hydrogen (secondary N) is 1. The molecule has 2 aliphatic heterocycles. The van der Waals surface area contributed by atoms with E-state index in [1.165, 1.54) is 0 Å². The molecule has 0 saturated carbocycles.